The molecule has 156 valence electrons. The highest BCUT2D eigenvalue weighted by Gasteiger charge is 2.06. The minimum absolute atomic E-state index is 0. The molecule has 0 bridgehead atoms. The largest absolute Gasteiger partial charge is 0.381 e. The number of hydrogen-bond acceptors (Lipinski definition) is 4. The van der Waals surface area contributed by atoms with Crippen molar-refractivity contribution in [2.24, 2.45) is 4.99 Å². The number of ether oxygens (including phenoxy) is 1. The van der Waals surface area contributed by atoms with Crippen LogP contribution in [0.2, 0.25) is 0 Å². The van der Waals surface area contributed by atoms with Crippen LogP contribution in [0.15, 0.2) is 40.7 Å². The summed E-state index contributed by atoms with van der Waals surface area (Å²) in [6, 6.07) is 10.5. The third-order valence-corrected chi connectivity index (χ3v) is 5.04. The summed E-state index contributed by atoms with van der Waals surface area (Å²) in [5.41, 5.74) is 2.49. The van der Waals surface area contributed by atoms with Gasteiger partial charge in [0.05, 0.1) is 18.8 Å². The molecule has 1 aromatic heterocycles. The van der Waals surface area contributed by atoms with Gasteiger partial charge in [-0.05, 0) is 30.7 Å². The highest BCUT2D eigenvalue weighted by atomic mass is 127. The summed E-state index contributed by atoms with van der Waals surface area (Å²) in [5, 5.41) is 9.89. The van der Waals surface area contributed by atoms with Crippen molar-refractivity contribution in [1.82, 2.24) is 15.6 Å². The monoisotopic (exact) mass is 516 g/mol. The van der Waals surface area contributed by atoms with Crippen molar-refractivity contribution in [1.29, 1.82) is 0 Å². The van der Waals surface area contributed by atoms with E-state index in [2.05, 4.69) is 64.1 Å². The maximum Gasteiger partial charge on any atom is 0.191 e. The minimum Gasteiger partial charge on any atom is -0.381 e. The van der Waals surface area contributed by atoms with Crippen LogP contribution in [0.25, 0.3) is 0 Å². The molecule has 0 fully saturated rings. The van der Waals surface area contributed by atoms with E-state index in [0.29, 0.717) is 12.5 Å². The first-order valence-corrected chi connectivity index (χ1v) is 10.6. The number of guanidine groups is 1. The Labute approximate surface area is 190 Å². The van der Waals surface area contributed by atoms with E-state index < -0.39 is 0 Å². The Morgan fingerprint density at radius 1 is 1.14 bits per heavy atom. The van der Waals surface area contributed by atoms with Crippen molar-refractivity contribution in [2.45, 2.75) is 45.6 Å². The average molecular weight is 516 g/mol. The fourth-order valence-corrected chi connectivity index (χ4v) is 3.42. The third-order valence-electron chi connectivity index (χ3n) is 4.18. The van der Waals surface area contributed by atoms with Gasteiger partial charge in [-0.25, -0.2) is 4.98 Å². The number of thiazole rings is 1. The van der Waals surface area contributed by atoms with Crippen LogP contribution in [0.4, 0.5) is 0 Å². The van der Waals surface area contributed by atoms with Gasteiger partial charge < -0.3 is 15.4 Å². The van der Waals surface area contributed by atoms with Crippen molar-refractivity contribution in [3.63, 3.8) is 0 Å². The zero-order chi connectivity index (χ0) is 19.3. The number of nitrogens with one attached hydrogen (secondary N) is 2. The van der Waals surface area contributed by atoms with Gasteiger partial charge in [-0.2, -0.15) is 0 Å². The van der Waals surface area contributed by atoms with Gasteiger partial charge in [0.1, 0.15) is 5.01 Å². The summed E-state index contributed by atoms with van der Waals surface area (Å²) < 4.78 is 5.72. The number of benzene rings is 1. The molecule has 2 N–H and O–H groups in total. The first-order chi connectivity index (χ1) is 13.2. The van der Waals surface area contributed by atoms with Crippen LogP contribution in [-0.4, -0.2) is 37.7 Å². The van der Waals surface area contributed by atoms with Crippen molar-refractivity contribution >= 4 is 41.3 Å². The molecular formula is C21H33IN4OS. The van der Waals surface area contributed by atoms with Gasteiger partial charge in [-0.15, -0.1) is 35.3 Å². The summed E-state index contributed by atoms with van der Waals surface area (Å²) in [7, 11) is 1.80. The van der Waals surface area contributed by atoms with Crippen LogP contribution in [0.1, 0.15) is 48.9 Å². The van der Waals surface area contributed by atoms with Crippen molar-refractivity contribution in [3.05, 3.63) is 52.0 Å². The van der Waals surface area contributed by atoms with Crippen LogP contribution in [-0.2, 0) is 17.7 Å². The van der Waals surface area contributed by atoms with Gasteiger partial charge in [0.25, 0.3) is 0 Å². The lowest BCUT2D eigenvalue weighted by Crippen LogP contribution is -2.37. The van der Waals surface area contributed by atoms with E-state index in [-0.39, 0.29) is 24.0 Å². The lowest BCUT2D eigenvalue weighted by Gasteiger charge is -2.11. The molecule has 0 amide bonds. The molecule has 7 heteroatoms. The predicted molar refractivity (Wildman–Crippen MR) is 130 cm³/mol. The fraction of sp³-hybridized carbons (Fsp3) is 0.524. The van der Waals surface area contributed by atoms with Gasteiger partial charge in [0, 0.05) is 25.6 Å². The van der Waals surface area contributed by atoms with Crippen LogP contribution >= 0.6 is 35.3 Å². The SMILES string of the molecule is CN=C(NCCCCOCCc1ccccc1)NCc1nc(C(C)C)cs1.I. The standard InChI is InChI=1S/C21H32N4OS.HI/c1-17(2)19-16-27-20(25-19)15-24-21(22-3)23-12-7-8-13-26-14-11-18-9-5-4-6-10-18;/h4-6,9-10,16-17H,7-8,11-15H2,1-3H3,(H2,22,23,24);1H. The maximum absolute atomic E-state index is 5.72. The summed E-state index contributed by atoms with van der Waals surface area (Å²) in [6.45, 7) is 7.51. The fourth-order valence-electron chi connectivity index (χ4n) is 2.52. The van der Waals surface area contributed by atoms with Gasteiger partial charge in [0.2, 0.25) is 0 Å². The van der Waals surface area contributed by atoms with Crippen molar-refractivity contribution in [2.75, 3.05) is 26.8 Å². The number of aromatic nitrogens is 1. The van der Waals surface area contributed by atoms with Gasteiger partial charge in [-0.1, -0.05) is 44.2 Å². The van der Waals surface area contributed by atoms with Crippen molar-refractivity contribution < 1.29 is 4.74 Å². The Balaban J connectivity index is 0.00000392. The molecule has 1 heterocycles. The van der Waals surface area contributed by atoms with Gasteiger partial charge in [0.15, 0.2) is 5.96 Å². The Morgan fingerprint density at radius 2 is 1.93 bits per heavy atom. The van der Waals surface area contributed by atoms with E-state index in [9.17, 15) is 0 Å². The second-order valence-electron chi connectivity index (χ2n) is 6.73. The lowest BCUT2D eigenvalue weighted by molar-refractivity contribution is 0.133. The van der Waals surface area contributed by atoms with E-state index in [4.69, 9.17) is 4.74 Å². The Morgan fingerprint density at radius 3 is 2.61 bits per heavy atom. The van der Waals surface area contributed by atoms with E-state index in [1.54, 1.807) is 18.4 Å². The minimum atomic E-state index is 0. The summed E-state index contributed by atoms with van der Waals surface area (Å²) in [5.74, 6) is 1.30. The molecule has 5 nitrogen and oxygen atoms in total. The van der Waals surface area contributed by atoms with Gasteiger partial charge in [-0.3, -0.25) is 4.99 Å². The Bertz CT molecular complexity index is 676. The van der Waals surface area contributed by atoms with E-state index in [1.165, 1.54) is 5.56 Å². The van der Waals surface area contributed by atoms with Crippen LogP contribution in [0.3, 0.4) is 0 Å². The number of hydrogen-bond donors (Lipinski definition) is 2. The Kier molecular flexibility index (Phi) is 13.1. The summed E-state index contributed by atoms with van der Waals surface area (Å²) in [4.78, 5) is 8.90. The maximum atomic E-state index is 5.72. The molecule has 0 aliphatic rings. The molecule has 28 heavy (non-hydrogen) atoms. The number of unbranched alkanes of at least 4 members (excludes halogenated alkanes) is 1. The molecular weight excluding hydrogens is 483 g/mol. The molecule has 0 atom stereocenters. The Hall–Kier alpha value is -1.19. The highest BCUT2D eigenvalue weighted by Crippen LogP contribution is 2.17. The zero-order valence-corrected chi connectivity index (χ0v) is 20.3. The van der Waals surface area contributed by atoms with E-state index >= 15 is 0 Å². The van der Waals surface area contributed by atoms with Crippen molar-refractivity contribution in [3.8, 4) is 0 Å². The number of aliphatic imine (C=N–C) groups is 1. The quantitative estimate of drug-likeness (QED) is 0.199. The molecule has 0 spiro atoms. The predicted octanol–water partition coefficient (Wildman–Crippen LogP) is 4.59. The zero-order valence-electron chi connectivity index (χ0n) is 17.1. The summed E-state index contributed by atoms with van der Waals surface area (Å²) in [6.07, 6.45) is 3.08. The first kappa shape index (κ1) is 24.8. The average Bonchev–Trinajstić information content (AvgIpc) is 3.16. The molecule has 0 aliphatic heterocycles. The number of halogens is 1. The second kappa shape index (κ2) is 14.8. The van der Waals surface area contributed by atoms with Crippen LogP contribution in [0.5, 0.6) is 0 Å². The normalized spacial score (nSPS) is 11.4. The number of nitrogens with zero attached hydrogens (tertiary/aromatic N) is 2. The molecule has 0 radical (unpaired) electrons. The smallest absolute Gasteiger partial charge is 0.191 e. The highest BCUT2D eigenvalue weighted by molar-refractivity contribution is 14.0. The molecule has 1 aromatic carbocycles. The lowest BCUT2D eigenvalue weighted by atomic mass is 10.2. The van der Waals surface area contributed by atoms with Crippen LogP contribution in [0, 0.1) is 0 Å². The third kappa shape index (κ3) is 9.84. The topological polar surface area (TPSA) is 58.5 Å². The van der Waals surface area contributed by atoms with E-state index in [1.807, 2.05) is 6.07 Å². The molecule has 0 aliphatic carbocycles. The molecule has 2 rings (SSSR count). The second-order valence-corrected chi connectivity index (χ2v) is 7.67. The first-order valence-electron chi connectivity index (χ1n) is 9.69. The molecule has 0 saturated heterocycles. The van der Waals surface area contributed by atoms with E-state index in [0.717, 1.165) is 55.7 Å². The molecule has 0 unspecified atom stereocenters. The van der Waals surface area contributed by atoms with Gasteiger partial charge >= 0.3 is 0 Å². The van der Waals surface area contributed by atoms with Crippen LogP contribution < -0.4 is 10.6 Å². The number of rotatable bonds is 11. The molecule has 0 saturated carbocycles. The summed E-state index contributed by atoms with van der Waals surface area (Å²) >= 11 is 1.70. The molecule has 2 aromatic rings.